The number of anilines is 1. The van der Waals surface area contributed by atoms with Gasteiger partial charge in [-0.2, -0.15) is 0 Å². The van der Waals surface area contributed by atoms with Crippen LogP contribution in [0, 0.1) is 0 Å². The number of nitrogens with zero attached hydrogens (tertiary/aromatic N) is 1. The van der Waals surface area contributed by atoms with Crippen LogP contribution in [0.25, 0.3) is 0 Å². The van der Waals surface area contributed by atoms with Gasteiger partial charge in [-0.25, -0.2) is 4.79 Å². The molecular weight excluding hydrogens is 252 g/mol. The molecule has 0 amide bonds. The minimum atomic E-state index is -0.387. The lowest BCUT2D eigenvalue weighted by molar-refractivity contribution is 0.0139. The second-order valence-electron chi connectivity index (χ2n) is 4.62. The van der Waals surface area contributed by atoms with Crippen LogP contribution in [0.1, 0.15) is 23.2 Å². The van der Waals surface area contributed by atoms with E-state index < -0.39 is 0 Å². The molecule has 1 fully saturated rings. The summed E-state index contributed by atoms with van der Waals surface area (Å²) in [6, 6.07) is 5.00. The number of carbonyl (C=O) groups excluding carboxylic acids is 1. The van der Waals surface area contributed by atoms with Crippen LogP contribution in [0.15, 0.2) is 18.2 Å². The number of esters is 1. The van der Waals surface area contributed by atoms with Gasteiger partial charge in [0.1, 0.15) is 6.10 Å². The molecule has 0 saturated carbocycles. The zero-order chi connectivity index (χ0) is 13.1. The summed E-state index contributed by atoms with van der Waals surface area (Å²) in [5.41, 5.74) is 6.40. The van der Waals surface area contributed by atoms with Gasteiger partial charge in [-0.1, -0.05) is 17.7 Å². The smallest absolute Gasteiger partial charge is 0.340 e. The first-order valence-electron chi connectivity index (χ1n) is 6.01. The Balaban J connectivity index is 2.01. The highest BCUT2D eigenvalue weighted by atomic mass is 35.5. The van der Waals surface area contributed by atoms with Crippen molar-refractivity contribution in [2.45, 2.75) is 18.9 Å². The van der Waals surface area contributed by atoms with Gasteiger partial charge in [-0.15, -0.1) is 0 Å². The second-order valence-corrected chi connectivity index (χ2v) is 4.99. The number of ether oxygens (including phenoxy) is 1. The third-order valence-corrected chi connectivity index (χ3v) is 3.61. The van der Waals surface area contributed by atoms with Gasteiger partial charge in [-0.3, -0.25) is 0 Å². The summed E-state index contributed by atoms with van der Waals surface area (Å²) in [5.74, 6) is -0.387. The van der Waals surface area contributed by atoms with Gasteiger partial charge in [0.2, 0.25) is 0 Å². The molecule has 1 aromatic rings. The first kappa shape index (κ1) is 13.2. The third-order valence-electron chi connectivity index (χ3n) is 3.19. The summed E-state index contributed by atoms with van der Waals surface area (Å²) >= 11 is 5.99. The molecule has 0 aromatic heterocycles. The first-order chi connectivity index (χ1) is 8.58. The molecule has 1 heterocycles. The fourth-order valence-corrected chi connectivity index (χ4v) is 2.23. The van der Waals surface area contributed by atoms with E-state index in [4.69, 9.17) is 22.1 Å². The average molecular weight is 269 g/mol. The van der Waals surface area contributed by atoms with Crippen LogP contribution in [-0.4, -0.2) is 37.1 Å². The van der Waals surface area contributed by atoms with E-state index in [1.54, 1.807) is 18.2 Å². The van der Waals surface area contributed by atoms with E-state index in [1.165, 1.54) is 0 Å². The first-order valence-corrected chi connectivity index (χ1v) is 6.39. The van der Waals surface area contributed by atoms with Crippen molar-refractivity contribution in [3.63, 3.8) is 0 Å². The largest absolute Gasteiger partial charge is 0.459 e. The fourth-order valence-electron chi connectivity index (χ4n) is 2.03. The van der Waals surface area contributed by atoms with Crippen LogP contribution in [-0.2, 0) is 4.74 Å². The van der Waals surface area contributed by atoms with Crippen molar-refractivity contribution in [1.82, 2.24) is 4.90 Å². The van der Waals surface area contributed by atoms with Crippen LogP contribution in [0.5, 0.6) is 0 Å². The molecule has 18 heavy (non-hydrogen) atoms. The molecule has 1 aromatic carbocycles. The van der Waals surface area contributed by atoms with Gasteiger partial charge in [0, 0.05) is 13.1 Å². The fraction of sp³-hybridized carbons (Fsp3) is 0.462. The Labute approximate surface area is 112 Å². The van der Waals surface area contributed by atoms with Gasteiger partial charge in [0.25, 0.3) is 0 Å². The minimum Gasteiger partial charge on any atom is -0.459 e. The van der Waals surface area contributed by atoms with Crippen LogP contribution < -0.4 is 5.73 Å². The minimum absolute atomic E-state index is 0.0220. The van der Waals surface area contributed by atoms with Crippen LogP contribution in [0.2, 0.25) is 5.02 Å². The zero-order valence-electron chi connectivity index (χ0n) is 10.4. The number of rotatable bonds is 2. The highest BCUT2D eigenvalue weighted by Gasteiger charge is 2.22. The Morgan fingerprint density at radius 1 is 1.44 bits per heavy atom. The SMILES string of the molecule is CN1CCC(OC(=O)c2cccc(N)c2Cl)CC1. The second kappa shape index (κ2) is 5.59. The normalized spacial score (nSPS) is 17.7. The summed E-state index contributed by atoms with van der Waals surface area (Å²) in [7, 11) is 2.06. The Bertz CT molecular complexity index is 443. The van der Waals surface area contributed by atoms with E-state index in [1.807, 2.05) is 0 Å². The maximum Gasteiger partial charge on any atom is 0.340 e. The molecule has 4 nitrogen and oxygen atoms in total. The Kier molecular flexibility index (Phi) is 4.09. The van der Waals surface area contributed by atoms with Gasteiger partial charge >= 0.3 is 5.97 Å². The van der Waals surface area contributed by atoms with E-state index in [2.05, 4.69) is 11.9 Å². The van der Waals surface area contributed by atoms with Crippen molar-refractivity contribution in [3.8, 4) is 0 Å². The van der Waals surface area contributed by atoms with E-state index in [9.17, 15) is 4.79 Å². The molecule has 0 spiro atoms. The van der Waals surface area contributed by atoms with E-state index in [0.717, 1.165) is 25.9 Å². The topological polar surface area (TPSA) is 55.6 Å². The summed E-state index contributed by atoms with van der Waals surface area (Å²) in [6.07, 6.45) is 1.70. The van der Waals surface area contributed by atoms with Crippen LogP contribution in [0.4, 0.5) is 5.69 Å². The number of benzene rings is 1. The lowest BCUT2D eigenvalue weighted by atomic mass is 10.1. The molecule has 98 valence electrons. The average Bonchev–Trinajstić information content (AvgIpc) is 2.35. The molecule has 2 rings (SSSR count). The van der Waals surface area contributed by atoms with E-state index in [-0.39, 0.29) is 17.1 Å². The Hall–Kier alpha value is -1.26. The molecule has 0 radical (unpaired) electrons. The summed E-state index contributed by atoms with van der Waals surface area (Å²) in [4.78, 5) is 14.2. The summed E-state index contributed by atoms with van der Waals surface area (Å²) in [6.45, 7) is 1.89. The van der Waals surface area contributed by atoms with Crippen LogP contribution >= 0.6 is 11.6 Å². The zero-order valence-corrected chi connectivity index (χ0v) is 11.1. The quantitative estimate of drug-likeness (QED) is 0.660. The molecule has 1 aliphatic heterocycles. The van der Waals surface area contributed by atoms with Gasteiger partial charge < -0.3 is 15.4 Å². The van der Waals surface area contributed by atoms with Crippen LogP contribution in [0.3, 0.4) is 0 Å². The third kappa shape index (κ3) is 2.94. The van der Waals surface area contributed by atoms with Crippen molar-refractivity contribution < 1.29 is 9.53 Å². The van der Waals surface area contributed by atoms with Crippen molar-refractivity contribution in [2.75, 3.05) is 25.9 Å². The molecular formula is C13H17ClN2O2. The number of nitrogen functional groups attached to an aromatic ring is 1. The van der Waals surface area contributed by atoms with E-state index in [0.29, 0.717) is 11.3 Å². The Morgan fingerprint density at radius 2 is 2.11 bits per heavy atom. The predicted octanol–water partition coefficient (Wildman–Crippen LogP) is 2.17. The monoisotopic (exact) mass is 268 g/mol. The lowest BCUT2D eigenvalue weighted by Crippen LogP contribution is -2.35. The molecule has 0 unspecified atom stereocenters. The summed E-state index contributed by atoms with van der Waals surface area (Å²) in [5, 5.41) is 0.274. The van der Waals surface area contributed by atoms with Gasteiger partial charge in [0.05, 0.1) is 16.3 Å². The lowest BCUT2D eigenvalue weighted by Gasteiger charge is -2.28. The molecule has 0 bridgehead atoms. The van der Waals surface area contributed by atoms with Crippen molar-refractivity contribution in [1.29, 1.82) is 0 Å². The number of hydrogen-bond donors (Lipinski definition) is 1. The molecule has 1 saturated heterocycles. The summed E-state index contributed by atoms with van der Waals surface area (Å²) < 4.78 is 5.46. The van der Waals surface area contributed by atoms with Gasteiger partial charge in [0.15, 0.2) is 0 Å². The van der Waals surface area contributed by atoms with Gasteiger partial charge in [-0.05, 0) is 32.0 Å². The molecule has 0 atom stereocenters. The molecule has 5 heteroatoms. The molecule has 1 aliphatic rings. The highest BCUT2D eigenvalue weighted by molar-refractivity contribution is 6.36. The molecule has 2 N–H and O–H groups in total. The number of likely N-dealkylation sites (tertiary alicyclic amines) is 1. The highest BCUT2D eigenvalue weighted by Crippen LogP contribution is 2.25. The number of piperidine rings is 1. The van der Waals surface area contributed by atoms with Crippen molar-refractivity contribution in [3.05, 3.63) is 28.8 Å². The maximum absolute atomic E-state index is 12.0. The number of carbonyl (C=O) groups is 1. The van der Waals surface area contributed by atoms with E-state index >= 15 is 0 Å². The van der Waals surface area contributed by atoms with Crippen molar-refractivity contribution >= 4 is 23.3 Å². The number of halogens is 1. The molecule has 0 aliphatic carbocycles. The Morgan fingerprint density at radius 3 is 2.78 bits per heavy atom. The predicted molar refractivity (Wildman–Crippen MR) is 71.8 cm³/mol. The maximum atomic E-state index is 12.0. The number of hydrogen-bond acceptors (Lipinski definition) is 4. The standard InChI is InChI=1S/C13H17ClN2O2/c1-16-7-5-9(6-8-16)18-13(17)10-3-2-4-11(15)12(10)14/h2-4,9H,5-8,15H2,1H3. The number of nitrogens with two attached hydrogens (primary N) is 1. The van der Waals surface area contributed by atoms with Crippen molar-refractivity contribution in [2.24, 2.45) is 0 Å².